The van der Waals surface area contributed by atoms with Crippen molar-refractivity contribution in [2.45, 2.75) is 32.1 Å². The Morgan fingerprint density at radius 2 is 1.82 bits per heavy atom. The van der Waals surface area contributed by atoms with Crippen LogP contribution in [0.1, 0.15) is 42.5 Å². The van der Waals surface area contributed by atoms with Crippen LogP contribution < -0.4 is 10.6 Å². The molecule has 0 atom stereocenters. The van der Waals surface area contributed by atoms with Gasteiger partial charge in [-0.15, -0.1) is 0 Å². The molecule has 2 aromatic carbocycles. The second-order valence-corrected chi connectivity index (χ2v) is 8.40. The summed E-state index contributed by atoms with van der Waals surface area (Å²) in [6.45, 7) is 0. The topological polar surface area (TPSA) is 71.1 Å². The van der Waals surface area contributed by atoms with Crippen LogP contribution in [-0.2, 0) is 4.79 Å². The number of rotatable bonds is 4. The van der Waals surface area contributed by atoms with Crippen LogP contribution in [0.2, 0.25) is 5.02 Å². The SMILES string of the molecule is O=C(Nc1ccc2sc(NC(=O)C3CCCCC3)nc2c1)c1ccccc1Cl. The van der Waals surface area contributed by atoms with Gasteiger partial charge in [-0.25, -0.2) is 4.98 Å². The molecule has 28 heavy (non-hydrogen) atoms. The van der Waals surface area contributed by atoms with Crippen LogP contribution >= 0.6 is 22.9 Å². The number of hydrogen-bond donors (Lipinski definition) is 2. The fourth-order valence-electron chi connectivity index (χ4n) is 3.47. The normalized spacial score (nSPS) is 14.8. The summed E-state index contributed by atoms with van der Waals surface area (Å²) < 4.78 is 0.953. The number of halogens is 1. The minimum absolute atomic E-state index is 0.0611. The van der Waals surface area contributed by atoms with E-state index in [4.69, 9.17) is 11.6 Å². The average molecular weight is 414 g/mol. The van der Waals surface area contributed by atoms with E-state index in [0.29, 0.717) is 21.4 Å². The number of aromatic nitrogens is 1. The van der Waals surface area contributed by atoms with E-state index in [2.05, 4.69) is 15.6 Å². The van der Waals surface area contributed by atoms with E-state index in [1.165, 1.54) is 17.8 Å². The molecular formula is C21H20ClN3O2S. The second-order valence-electron chi connectivity index (χ2n) is 6.96. The summed E-state index contributed by atoms with van der Waals surface area (Å²) in [6.07, 6.45) is 5.36. The highest BCUT2D eigenvalue weighted by atomic mass is 35.5. The highest BCUT2D eigenvalue weighted by Crippen LogP contribution is 2.30. The van der Waals surface area contributed by atoms with Crippen molar-refractivity contribution in [1.29, 1.82) is 0 Å². The van der Waals surface area contributed by atoms with E-state index in [9.17, 15) is 9.59 Å². The van der Waals surface area contributed by atoms with Crippen LogP contribution in [0, 0.1) is 5.92 Å². The molecule has 1 aromatic heterocycles. The number of anilines is 2. The van der Waals surface area contributed by atoms with Gasteiger partial charge in [-0.2, -0.15) is 0 Å². The van der Waals surface area contributed by atoms with Gasteiger partial charge in [0.15, 0.2) is 5.13 Å². The van der Waals surface area contributed by atoms with E-state index in [-0.39, 0.29) is 17.7 Å². The Bertz CT molecular complexity index is 1030. The molecule has 1 heterocycles. The van der Waals surface area contributed by atoms with E-state index < -0.39 is 0 Å². The third kappa shape index (κ3) is 4.18. The molecule has 3 aromatic rings. The van der Waals surface area contributed by atoms with Crippen molar-refractivity contribution < 1.29 is 9.59 Å². The fourth-order valence-corrected chi connectivity index (χ4v) is 4.55. The molecule has 0 bridgehead atoms. The number of hydrogen-bond acceptors (Lipinski definition) is 4. The monoisotopic (exact) mass is 413 g/mol. The van der Waals surface area contributed by atoms with E-state index in [1.54, 1.807) is 30.3 Å². The summed E-state index contributed by atoms with van der Waals surface area (Å²) in [4.78, 5) is 29.4. The summed E-state index contributed by atoms with van der Waals surface area (Å²) in [7, 11) is 0. The van der Waals surface area contributed by atoms with Crippen LogP contribution in [-0.4, -0.2) is 16.8 Å². The predicted molar refractivity (Wildman–Crippen MR) is 114 cm³/mol. The van der Waals surface area contributed by atoms with Gasteiger partial charge >= 0.3 is 0 Å². The number of carbonyl (C=O) groups is 2. The molecule has 0 radical (unpaired) electrons. The maximum Gasteiger partial charge on any atom is 0.257 e. The molecule has 0 saturated heterocycles. The number of thiazole rings is 1. The van der Waals surface area contributed by atoms with Crippen LogP contribution in [0.4, 0.5) is 10.8 Å². The number of nitrogens with zero attached hydrogens (tertiary/aromatic N) is 1. The Balaban J connectivity index is 1.48. The van der Waals surface area contributed by atoms with Crippen LogP contribution in [0.5, 0.6) is 0 Å². The first-order valence-electron chi connectivity index (χ1n) is 9.37. The average Bonchev–Trinajstić information content (AvgIpc) is 3.10. The first-order valence-corrected chi connectivity index (χ1v) is 10.6. The summed E-state index contributed by atoms with van der Waals surface area (Å²) in [6, 6.07) is 12.4. The Hall–Kier alpha value is -2.44. The highest BCUT2D eigenvalue weighted by molar-refractivity contribution is 7.22. The van der Waals surface area contributed by atoms with Crippen molar-refractivity contribution >= 4 is 55.8 Å². The molecule has 1 aliphatic rings. The van der Waals surface area contributed by atoms with Crippen molar-refractivity contribution in [3.63, 3.8) is 0 Å². The lowest BCUT2D eigenvalue weighted by molar-refractivity contribution is -0.120. The maximum atomic E-state index is 12.4. The summed E-state index contributed by atoms with van der Waals surface area (Å²) in [5, 5.41) is 6.81. The predicted octanol–water partition coefficient (Wildman–Crippen LogP) is 5.72. The summed E-state index contributed by atoms with van der Waals surface area (Å²) in [5.74, 6) is -0.122. The lowest BCUT2D eigenvalue weighted by atomic mass is 9.89. The molecule has 4 rings (SSSR count). The second kappa shape index (κ2) is 8.29. The van der Waals surface area contributed by atoms with Crippen LogP contribution in [0.3, 0.4) is 0 Å². The molecule has 1 aliphatic carbocycles. The Morgan fingerprint density at radius 3 is 2.61 bits per heavy atom. The Kier molecular flexibility index (Phi) is 5.59. The molecule has 1 fully saturated rings. The van der Waals surface area contributed by atoms with Crippen molar-refractivity contribution in [3.8, 4) is 0 Å². The summed E-state index contributed by atoms with van der Waals surface area (Å²) >= 11 is 7.52. The molecular weight excluding hydrogens is 394 g/mol. The molecule has 2 N–H and O–H groups in total. The van der Waals surface area contributed by atoms with Crippen molar-refractivity contribution in [2.24, 2.45) is 5.92 Å². The van der Waals surface area contributed by atoms with E-state index in [1.807, 2.05) is 12.1 Å². The van der Waals surface area contributed by atoms with E-state index in [0.717, 1.165) is 35.9 Å². The summed E-state index contributed by atoms with van der Waals surface area (Å²) in [5.41, 5.74) is 1.79. The van der Waals surface area contributed by atoms with Gasteiger partial charge in [0.1, 0.15) is 0 Å². The fraction of sp³-hybridized carbons (Fsp3) is 0.286. The van der Waals surface area contributed by atoms with Crippen LogP contribution in [0.25, 0.3) is 10.2 Å². The van der Waals surface area contributed by atoms with Gasteiger partial charge in [0.25, 0.3) is 5.91 Å². The maximum absolute atomic E-state index is 12.4. The van der Waals surface area contributed by atoms with Crippen molar-refractivity contribution in [3.05, 3.63) is 53.1 Å². The first-order chi connectivity index (χ1) is 13.6. The Morgan fingerprint density at radius 1 is 1.04 bits per heavy atom. The zero-order chi connectivity index (χ0) is 19.5. The quantitative estimate of drug-likeness (QED) is 0.574. The smallest absolute Gasteiger partial charge is 0.257 e. The molecule has 0 aliphatic heterocycles. The lowest BCUT2D eigenvalue weighted by Gasteiger charge is -2.19. The molecule has 5 nitrogen and oxygen atoms in total. The number of amides is 2. The molecule has 2 amide bonds. The van der Waals surface area contributed by atoms with Gasteiger partial charge in [0.05, 0.1) is 20.8 Å². The van der Waals surface area contributed by atoms with Gasteiger partial charge in [0, 0.05) is 11.6 Å². The Labute approximate surface area is 172 Å². The van der Waals surface area contributed by atoms with Gasteiger partial charge < -0.3 is 10.6 Å². The first kappa shape index (κ1) is 18.9. The van der Waals surface area contributed by atoms with Crippen molar-refractivity contribution in [2.75, 3.05) is 10.6 Å². The van der Waals surface area contributed by atoms with Crippen LogP contribution in [0.15, 0.2) is 42.5 Å². The highest BCUT2D eigenvalue weighted by Gasteiger charge is 2.22. The zero-order valence-corrected chi connectivity index (χ0v) is 16.8. The molecule has 144 valence electrons. The standard InChI is InChI=1S/C21H20ClN3O2S/c22-16-9-5-4-8-15(16)20(27)23-14-10-11-18-17(12-14)24-21(28-18)25-19(26)13-6-2-1-3-7-13/h4-5,8-13H,1-3,6-7H2,(H,23,27)(H,24,25,26). The third-order valence-corrected chi connectivity index (χ3v) is 6.25. The largest absolute Gasteiger partial charge is 0.322 e. The minimum atomic E-state index is -0.272. The number of fused-ring (bicyclic) bond motifs is 1. The number of carbonyl (C=O) groups excluding carboxylic acids is 2. The minimum Gasteiger partial charge on any atom is -0.322 e. The number of benzene rings is 2. The molecule has 1 saturated carbocycles. The zero-order valence-electron chi connectivity index (χ0n) is 15.2. The molecule has 0 spiro atoms. The third-order valence-electron chi connectivity index (χ3n) is 4.97. The van der Waals surface area contributed by atoms with E-state index >= 15 is 0 Å². The number of nitrogens with one attached hydrogen (secondary N) is 2. The van der Waals surface area contributed by atoms with Gasteiger partial charge in [0.2, 0.25) is 5.91 Å². The van der Waals surface area contributed by atoms with Gasteiger partial charge in [-0.05, 0) is 43.2 Å². The molecule has 0 unspecified atom stereocenters. The lowest BCUT2D eigenvalue weighted by Crippen LogP contribution is -2.24. The van der Waals surface area contributed by atoms with Gasteiger partial charge in [-0.3, -0.25) is 9.59 Å². The van der Waals surface area contributed by atoms with Gasteiger partial charge in [-0.1, -0.05) is 54.3 Å². The van der Waals surface area contributed by atoms with Crippen molar-refractivity contribution in [1.82, 2.24) is 4.98 Å². The molecule has 7 heteroatoms.